The summed E-state index contributed by atoms with van der Waals surface area (Å²) < 4.78 is 17.6. The van der Waals surface area contributed by atoms with Crippen LogP contribution in [0.3, 0.4) is 0 Å². The van der Waals surface area contributed by atoms with Crippen molar-refractivity contribution in [3.05, 3.63) is 53.0 Å². The number of para-hydroxylation sites is 1. The lowest BCUT2D eigenvalue weighted by molar-refractivity contribution is 0.00567. The third-order valence-corrected chi connectivity index (χ3v) is 6.86. The molecule has 1 aliphatic heterocycles. The van der Waals surface area contributed by atoms with Crippen molar-refractivity contribution in [3.8, 4) is 11.5 Å². The summed E-state index contributed by atoms with van der Waals surface area (Å²) in [5.74, 6) is 1.81. The third kappa shape index (κ3) is 5.54. The fourth-order valence-corrected chi connectivity index (χ4v) is 5.21. The van der Waals surface area contributed by atoms with E-state index < -0.39 is 6.10 Å². The zero-order valence-corrected chi connectivity index (χ0v) is 18.9. The van der Waals surface area contributed by atoms with E-state index in [9.17, 15) is 5.11 Å². The number of piperidine rings is 1. The Balaban J connectivity index is 1.26. The molecule has 2 heterocycles. The van der Waals surface area contributed by atoms with E-state index in [-0.39, 0.29) is 0 Å². The number of aliphatic hydroxyl groups excluding tert-OH is 1. The van der Waals surface area contributed by atoms with Crippen molar-refractivity contribution in [1.29, 1.82) is 0 Å². The topological polar surface area (TPSA) is 64.0 Å². The molecular weight excluding hydrogens is 412 g/mol. The number of ether oxygens (including phenoxy) is 3. The molecule has 7 heteroatoms. The molecule has 4 rings (SSSR count). The predicted octanol–water partition coefficient (Wildman–Crippen LogP) is 4.07. The fraction of sp³-hybridized carbons (Fsp3) is 0.458. The molecule has 2 atom stereocenters. The second kappa shape index (κ2) is 10.4. The number of likely N-dealkylation sites (tertiary alicyclic amines) is 1. The summed E-state index contributed by atoms with van der Waals surface area (Å²) in [6.45, 7) is 3.29. The fourth-order valence-electron chi connectivity index (χ4n) is 4.12. The molecule has 1 fully saturated rings. The van der Waals surface area contributed by atoms with Gasteiger partial charge in [0.15, 0.2) is 11.5 Å². The van der Waals surface area contributed by atoms with Gasteiger partial charge >= 0.3 is 0 Å². The lowest BCUT2D eigenvalue weighted by Gasteiger charge is -2.33. The summed E-state index contributed by atoms with van der Waals surface area (Å²) >= 11 is 1.80. The standard InChI is InChI=1S/C24H30N2O4S/c1-28-21-10-9-17(12-22(21)29-2)15-30-16-19(27)14-26-11-5-6-18(13-26)24-25-20-7-3-4-8-23(20)31-24/h3-4,7-10,12,18-19,27H,5-6,11,13-16H2,1-2H3/t18-,19+/m0/s1. The maximum absolute atomic E-state index is 10.5. The van der Waals surface area contributed by atoms with Gasteiger partial charge in [-0.2, -0.15) is 0 Å². The van der Waals surface area contributed by atoms with Crippen LogP contribution in [-0.4, -0.2) is 61.6 Å². The molecule has 1 N–H and O–H groups in total. The van der Waals surface area contributed by atoms with Crippen LogP contribution in [0.25, 0.3) is 10.2 Å². The quantitative estimate of drug-likeness (QED) is 0.539. The molecule has 0 spiro atoms. The van der Waals surface area contributed by atoms with Crippen LogP contribution in [0.2, 0.25) is 0 Å². The van der Waals surface area contributed by atoms with Crippen molar-refractivity contribution in [2.75, 3.05) is 40.5 Å². The molecular formula is C24H30N2O4S. The SMILES string of the molecule is COc1ccc(COC[C@H](O)CN2CCC[C@H](c3nc4ccccc4s3)C2)cc1OC. The lowest BCUT2D eigenvalue weighted by Crippen LogP contribution is -2.40. The van der Waals surface area contributed by atoms with Crippen LogP contribution in [0.1, 0.15) is 29.3 Å². The molecule has 0 saturated carbocycles. The maximum Gasteiger partial charge on any atom is 0.161 e. The average molecular weight is 443 g/mol. The number of nitrogens with zero attached hydrogens (tertiary/aromatic N) is 2. The normalized spacial score (nSPS) is 18.2. The zero-order valence-electron chi connectivity index (χ0n) is 18.1. The van der Waals surface area contributed by atoms with Crippen molar-refractivity contribution in [2.24, 2.45) is 0 Å². The van der Waals surface area contributed by atoms with Gasteiger partial charge in [0.1, 0.15) is 0 Å². The van der Waals surface area contributed by atoms with Crippen LogP contribution in [0.15, 0.2) is 42.5 Å². The Morgan fingerprint density at radius 3 is 2.81 bits per heavy atom. The summed E-state index contributed by atoms with van der Waals surface area (Å²) in [6.07, 6.45) is 1.76. The molecule has 1 saturated heterocycles. The van der Waals surface area contributed by atoms with Crippen LogP contribution < -0.4 is 9.47 Å². The van der Waals surface area contributed by atoms with Gasteiger partial charge in [0, 0.05) is 19.0 Å². The van der Waals surface area contributed by atoms with E-state index in [0.717, 1.165) is 37.0 Å². The van der Waals surface area contributed by atoms with Crippen molar-refractivity contribution >= 4 is 21.6 Å². The molecule has 0 aliphatic carbocycles. The van der Waals surface area contributed by atoms with Gasteiger partial charge in [-0.3, -0.25) is 4.90 Å². The Morgan fingerprint density at radius 2 is 2.00 bits per heavy atom. The second-order valence-electron chi connectivity index (χ2n) is 7.98. The number of thiazole rings is 1. The summed E-state index contributed by atoms with van der Waals surface area (Å²) in [5.41, 5.74) is 2.07. The van der Waals surface area contributed by atoms with Crippen molar-refractivity contribution in [2.45, 2.75) is 31.5 Å². The van der Waals surface area contributed by atoms with Gasteiger partial charge in [-0.25, -0.2) is 4.98 Å². The Hall–Kier alpha value is -2.19. The molecule has 1 aliphatic rings. The first-order valence-corrected chi connectivity index (χ1v) is 11.5. The Morgan fingerprint density at radius 1 is 1.16 bits per heavy atom. The van der Waals surface area contributed by atoms with E-state index in [0.29, 0.717) is 37.2 Å². The van der Waals surface area contributed by atoms with Crippen LogP contribution >= 0.6 is 11.3 Å². The molecule has 0 amide bonds. The molecule has 3 aromatic rings. The van der Waals surface area contributed by atoms with Gasteiger partial charge in [0.05, 0.1) is 48.8 Å². The van der Waals surface area contributed by atoms with Gasteiger partial charge in [-0.05, 0) is 49.2 Å². The predicted molar refractivity (Wildman–Crippen MR) is 123 cm³/mol. The van der Waals surface area contributed by atoms with Gasteiger partial charge in [0.2, 0.25) is 0 Å². The first kappa shape index (κ1) is 22.0. The van der Waals surface area contributed by atoms with Gasteiger partial charge in [0.25, 0.3) is 0 Å². The van der Waals surface area contributed by atoms with E-state index in [1.807, 2.05) is 24.3 Å². The Kier molecular flexibility index (Phi) is 7.40. The van der Waals surface area contributed by atoms with E-state index in [2.05, 4.69) is 23.1 Å². The number of hydrogen-bond acceptors (Lipinski definition) is 7. The highest BCUT2D eigenvalue weighted by Crippen LogP contribution is 2.33. The molecule has 1 aromatic heterocycles. The first-order chi connectivity index (χ1) is 15.2. The Labute approximate surface area is 187 Å². The molecule has 0 unspecified atom stereocenters. The molecule has 2 aromatic carbocycles. The summed E-state index contributed by atoms with van der Waals surface area (Å²) in [6, 6.07) is 14.0. The number of β-amino-alcohol motifs (C(OH)–C–C–N with tert-alkyl or cyclic N) is 1. The number of methoxy groups -OCH3 is 2. The van der Waals surface area contributed by atoms with Crippen molar-refractivity contribution in [3.63, 3.8) is 0 Å². The smallest absolute Gasteiger partial charge is 0.161 e. The minimum atomic E-state index is -0.519. The van der Waals surface area contributed by atoms with Crippen molar-refractivity contribution < 1.29 is 19.3 Å². The second-order valence-corrected chi connectivity index (χ2v) is 9.04. The largest absolute Gasteiger partial charge is 0.493 e. The average Bonchev–Trinajstić information content (AvgIpc) is 3.23. The highest BCUT2D eigenvalue weighted by Gasteiger charge is 2.25. The molecule has 0 radical (unpaired) electrons. The monoisotopic (exact) mass is 442 g/mol. The molecule has 0 bridgehead atoms. The first-order valence-electron chi connectivity index (χ1n) is 10.7. The van der Waals surface area contributed by atoms with Gasteiger partial charge in [-0.15, -0.1) is 11.3 Å². The number of aliphatic hydroxyl groups is 1. The summed E-state index contributed by atoms with van der Waals surface area (Å²) in [7, 11) is 3.23. The van der Waals surface area contributed by atoms with Crippen molar-refractivity contribution in [1.82, 2.24) is 9.88 Å². The highest BCUT2D eigenvalue weighted by atomic mass is 32.1. The summed E-state index contributed by atoms with van der Waals surface area (Å²) in [4.78, 5) is 7.18. The number of fused-ring (bicyclic) bond motifs is 1. The Bertz CT molecular complexity index is 960. The molecule has 31 heavy (non-hydrogen) atoms. The summed E-state index contributed by atoms with van der Waals surface area (Å²) in [5, 5.41) is 11.7. The van der Waals surface area contributed by atoms with E-state index >= 15 is 0 Å². The number of aromatic nitrogens is 1. The van der Waals surface area contributed by atoms with E-state index in [1.54, 1.807) is 25.6 Å². The highest BCUT2D eigenvalue weighted by molar-refractivity contribution is 7.18. The molecule has 166 valence electrons. The minimum absolute atomic E-state index is 0.302. The minimum Gasteiger partial charge on any atom is -0.493 e. The third-order valence-electron chi connectivity index (χ3n) is 5.66. The van der Waals surface area contributed by atoms with Crippen LogP contribution in [0, 0.1) is 0 Å². The molecule has 6 nitrogen and oxygen atoms in total. The number of hydrogen-bond donors (Lipinski definition) is 1. The van der Waals surface area contributed by atoms with Crippen LogP contribution in [-0.2, 0) is 11.3 Å². The van der Waals surface area contributed by atoms with Crippen LogP contribution in [0.4, 0.5) is 0 Å². The van der Waals surface area contributed by atoms with E-state index in [1.165, 1.54) is 9.71 Å². The number of benzene rings is 2. The van der Waals surface area contributed by atoms with E-state index in [4.69, 9.17) is 19.2 Å². The number of rotatable bonds is 9. The van der Waals surface area contributed by atoms with Gasteiger partial charge in [-0.1, -0.05) is 18.2 Å². The van der Waals surface area contributed by atoms with Crippen LogP contribution in [0.5, 0.6) is 11.5 Å². The zero-order chi connectivity index (χ0) is 21.6. The maximum atomic E-state index is 10.5. The lowest BCUT2D eigenvalue weighted by atomic mass is 9.98. The van der Waals surface area contributed by atoms with Gasteiger partial charge < -0.3 is 19.3 Å².